The molecule has 3 unspecified atom stereocenters. The zero-order chi connectivity index (χ0) is 15.0. The summed E-state index contributed by atoms with van der Waals surface area (Å²) >= 11 is 0. The molecule has 1 N–H and O–H groups in total. The van der Waals surface area contributed by atoms with Crippen LogP contribution in [0.3, 0.4) is 0 Å². The van der Waals surface area contributed by atoms with Gasteiger partial charge in [-0.2, -0.15) is 13.2 Å². The van der Waals surface area contributed by atoms with Crippen LogP contribution in [0.25, 0.3) is 0 Å². The molecule has 0 bridgehead atoms. The summed E-state index contributed by atoms with van der Waals surface area (Å²) in [7, 11) is 0. The number of hydrogen-bond donors (Lipinski definition) is 1. The molecule has 1 aromatic carbocycles. The van der Waals surface area contributed by atoms with Crippen molar-refractivity contribution in [1.29, 1.82) is 0 Å². The van der Waals surface area contributed by atoms with E-state index in [4.69, 9.17) is 4.74 Å². The largest absolute Gasteiger partial charge is 0.416 e. The van der Waals surface area contributed by atoms with Crippen molar-refractivity contribution in [2.24, 2.45) is 5.92 Å². The summed E-state index contributed by atoms with van der Waals surface area (Å²) in [6, 6.07) is 5.63. The van der Waals surface area contributed by atoms with Gasteiger partial charge in [0.15, 0.2) is 0 Å². The number of benzene rings is 1. The van der Waals surface area contributed by atoms with E-state index >= 15 is 0 Å². The van der Waals surface area contributed by atoms with Crippen LogP contribution in [0.5, 0.6) is 0 Å². The van der Waals surface area contributed by atoms with Gasteiger partial charge in [-0.25, -0.2) is 0 Å². The Morgan fingerprint density at radius 2 is 1.90 bits per heavy atom. The summed E-state index contributed by atoms with van der Waals surface area (Å²) in [5, 5.41) is 3.35. The second-order valence-electron chi connectivity index (χ2n) is 6.04. The van der Waals surface area contributed by atoms with Gasteiger partial charge in [0.1, 0.15) is 0 Å². The Morgan fingerprint density at radius 3 is 2.57 bits per heavy atom. The first-order valence-corrected chi connectivity index (χ1v) is 7.50. The smallest absolute Gasteiger partial charge is 0.376 e. The molecule has 0 radical (unpaired) electrons. The SMILES string of the molecule is CC(NC1CCOC1C1CC1)c1ccccc1C(F)(F)F. The van der Waals surface area contributed by atoms with Crippen LogP contribution < -0.4 is 5.32 Å². The first kappa shape index (κ1) is 14.9. The summed E-state index contributed by atoms with van der Waals surface area (Å²) in [5.74, 6) is 0.593. The van der Waals surface area contributed by atoms with Crippen molar-refractivity contribution in [2.75, 3.05) is 6.61 Å². The average molecular weight is 299 g/mol. The molecule has 2 nitrogen and oxygen atoms in total. The highest BCUT2D eigenvalue weighted by molar-refractivity contribution is 5.32. The lowest BCUT2D eigenvalue weighted by Crippen LogP contribution is -2.39. The molecule has 2 fully saturated rings. The van der Waals surface area contributed by atoms with E-state index in [1.807, 2.05) is 0 Å². The normalized spacial score (nSPS) is 27.8. The average Bonchev–Trinajstić information content (AvgIpc) is 3.18. The number of rotatable bonds is 4. The monoisotopic (exact) mass is 299 g/mol. The number of halogens is 3. The summed E-state index contributed by atoms with van der Waals surface area (Å²) in [4.78, 5) is 0. The van der Waals surface area contributed by atoms with Gasteiger partial charge in [-0.3, -0.25) is 0 Å². The Labute approximate surface area is 122 Å². The zero-order valence-electron chi connectivity index (χ0n) is 12.0. The lowest BCUT2D eigenvalue weighted by molar-refractivity contribution is -0.138. The van der Waals surface area contributed by atoms with E-state index in [-0.39, 0.29) is 18.2 Å². The molecular weight excluding hydrogens is 279 g/mol. The molecule has 1 aromatic rings. The van der Waals surface area contributed by atoms with Gasteiger partial charge in [0.05, 0.1) is 11.7 Å². The first-order chi connectivity index (χ1) is 9.97. The fraction of sp³-hybridized carbons (Fsp3) is 0.625. The molecular formula is C16H20F3NO. The summed E-state index contributed by atoms with van der Waals surface area (Å²) in [6.07, 6.45) is -0.911. The molecule has 1 aliphatic heterocycles. The third kappa shape index (κ3) is 3.24. The Kier molecular flexibility index (Phi) is 3.97. The minimum absolute atomic E-state index is 0.161. The summed E-state index contributed by atoms with van der Waals surface area (Å²) < 4.78 is 45.0. The van der Waals surface area contributed by atoms with Crippen LogP contribution >= 0.6 is 0 Å². The van der Waals surface area contributed by atoms with Gasteiger partial charge in [-0.05, 0) is 43.7 Å². The molecule has 0 spiro atoms. The first-order valence-electron chi connectivity index (χ1n) is 7.50. The maximum absolute atomic E-state index is 13.1. The maximum Gasteiger partial charge on any atom is 0.416 e. The molecule has 3 rings (SSSR count). The molecule has 3 atom stereocenters. The molecule has 0 amide bonds. The number of ether oxygens (including phenoxy) is 1. The Bertz CT molecular complexity index is 499. The number of hydrogen-bond acceptors (Lipinski definition) is 2. The highest BCUT2D eigenvalue weighted by atomic mass is 19.4. The molecule has 1 saturated carbocycles. The topological polar surface area (TPSA) is 21.3 Å². The predicted molar refractivity (Wildman–Crippen MR) is 73.9 cm³/mol. The van der Waals surface area contributed by atoms with E-state index in [9.17, 15) is 13.2 Å². The third-order valence-corrected chi connectivity index (χ3v) is 4.42. The third-order valence-electron chi connectivity index (χ3n) is 4.42. The van der Waals surface area contributed by atoms with Gasteiger partial charge in [0, 0.05) is 18.7 Å². The van der Waals surface area contributed by atoms with Crippen LogP contribution in [0.2, 0.25) is 0 Å². The van der Waals surface area contributed by atoms with E-state index < -0.39 is 11.7 Å². The molecule has 116 valence electrons. The minimum Gasteiger partial charge on any atom is -0.376 e. The maximum atomic E-state index is 13.1. The van der Waals surface area contributed by atoms with Crippen molar-refractivity contribution in [2.45, 2.75) is 50.6 Å². The lowest BCUT2D eigenvalue weighted by Gasteiger charge is -2.26. The van der Waals surface area contributed by atoms with E-state index in [0.29, 0.717) is 18.1 Å². The van der Waals surface area contributed by atoms with Gasteiger partial charge < -0.3 is 10.1 Å². The fourth-order valence-corrected chi connectivity index (χ4v) is 3.22. The number of alkyl halides is 3. The van der Waals surface area contributed by atoms with Crippen LogP contribution in [0, 0.1) is 5.92 Å². The van der Waals surface area contributed by atoms with E-state index in [2.05, 4.69) is 5.32 Å². The van der Waals surface area contributed by atoms with Crippen LogP contribution in [0.4, 0.5) is 13.2 Å². The lowest BCUT2D eigenvalue weighted by atomic mass is 9.98. The van der Waals surface area contributed by atoms with E-state index in [1.54, 1.807) is 19.1 Å². The summed E-state index contributed by atoms with van der Waals surface area (Å²) in [6.45, 7) is 2.50. The van der Waals surface area contributed by atoms with Crippen molar-refractivity contribution >= 4 is 0 Å². The van der Waals surface area contributed by atoms with Gasteiger partial charge in [0.25, 0.3) is 0 Å². The standard InChI is InChI=1S/C16H20F3NO/c1-10(12-4-2-3-5-13(12)16(17,18)19)20-14-8-9-21-15(14)11-6-7-11/h2-5,10-11,14-15,20H,6-9H2,1H3. The molecule has 0 aromatic heterocycles. The molecule has 5 heteroatoms. The highest BCUT2D eigenvalue weighted by Crippen LogP contribution is 2.40. The van der Waals surface area contributed by atoms with Crippen molar-refractivity contribution in [3.63, 3.8) is 0 Å². The molecule has 1 aliphatic carbocycles. The predicted octanol–water partition coefficient (Wildman–Crippen LogP) is 3.92. The van der Waals surface area contributed by atoms with Crippen molar-refractivity contribution in [3.05, 3.63) is 35.4 Å². The van der Waals surface area contributed by atoms with E-state index in [0.717, 1.165) is 12.5 Å². The van der Waals surface area contributed by atoms with Crippen LogP contribution in [-0.4, -0.2) is 18.8 Å². The molecule has 2 aliphatic rings. The van der Waals surface area contributed by atoms with Gasteiger partial charge in [0.2, 0.25) is 0 Å². The van der Waals surface area contributed by atoms with Crippen LogP contribution in [0.1, 0.15) is 43.4 Å². The van der Waals surface area contributed by atoms with Gasteiger partial charge in [-0.1, -0.05) is 18.2 Å². The fourth-order valence-electron chi connectivity index (χ4n) is 3.22. The van der Waals surface area contributed by atoms with Crippen molar-refractivity contribution in [3.8, 4) is 0 Å². The highest BCUT2D eigenvalue weighted by Gasteiger charge is 2.41. The molecule has 1 saturated heterocycles. The van der Waals surface area contributed by atoms with Crippen LogP contribution in [-0.2, 0) is 10.9 Å². The van der Waals surface area contributed by atoms with E-state index in [1.165, 1.54) is 18.9 Å². The quantitative estimate of drug-likeness (QED) is 0.909. The second-order valence-corrected chi connectivity index (χ2v) is 6.04. The van der Waals surface area contributed by atoms with Crippen molar-refractivity contribution in [1.82, 2.24) is 5.32 Å². The Hall–Kier alpha value is -1.07. The van der Waals surface area contributed by atoms with Gasteiger partial charge >= 0.3 is 6.18 Å². The summed E-state index contributed by atoms with van der Waals surface area (Å²) in [5.41, 5.74) is -0.238. The number of nitrogens with one attached hydrogen (secondary N) is 1. The Morgan fingerprint density at radius 1 is 1.19 bits per heavy atom. The Balaban J connectivity index is 1.75. The van der Waals surface area contributed by atoms with Crippen molar-refractivity contribution < 1.29 is 17.9 Å². The molecule has 21 heavy (non-hydrogen) atoms. The van der Waals surface area contributed by atoms with Crippen LogP contribution in [0.15, 0.2) is 24.3 Å². The minimum atomic E-state index is -4.31. The van der Waals surface area contributed by atoms with Gasteiger partial charge in [-0.15, -0.1) is 0 Å². The second kappa shape index (κ2) is 5.61. The zero-order valence-corrected chi connectivity index (χ0v) is 12.0. The molecule has 1 heterocycles.